The van der Waals surface area contributed by atoms with Crippen LogP contribution in [0.1, 0.15) is 33.5 Å². The van der Waals surface area contributed by atoms with Crippen molar-refractivity contribution in [2.45, 2.75) is 25.9 Å². The van der Waals surface area contributed by atoms with Crippen LogP contribution in [-0.2, 0) is 10.4 Å². The fourth-order valence-corrected chi connectivity index (χ4v) is 3.82. The number of carbonyl (C=O) groups excluding carboxylic acids is 2. The van der Waals surface area contributed by atoms with Crippen molar-refractivity contribution in [1.29, 1.82) is 0 Å². The minimum atomic E-state index is -1.88. The van der Waals surface area contributed by atoms with Gasteiger partial charge in [-0.3, -0.25) is 9.59 Å². The van der Waals surface area contributed by atoms with Crippen LogP contribution in [-0.4, -0.2) is 23.3 Å². The van der Waals surface area contributed by atoms with Crippen molar-refractivity contribution in [3.63, 3.8) is 0 Å². The van der Waals surface area contributed by atoms with Crippen molar-refractivity contribution in [3.8, 4) is 0 Å². The molecule has 1 amide bonds. The number of carbonyl (C=O) groups is 2. The van der Waals surface area contributed by atoms with Gasteiger partial charge in [0.05, 0.1) is 12.1 Å². The van der Waals surface area contributed by atoms with Crippen molar-refractivity contribution >= 4 is 33.3 Å². The van der Waals surface area contributed by atoms with E-state index in [-0.39, 0.29) is 18.7 Å². The smallest absolute Gasteiger partial charge is 0.264 e. The van der Waals surface area contributed by atoms with Gasteiger partial charge in [0.25, 0.3) is 5.91 Å². The van der Waals surface area contributed by atoms with Crippen molar-refractivity contribution in [1.82, 2.24) is 0 Å². The maximum Gasteiger partial charge on any atom is 0.264 e. The lowest BCUT2D eigenvalue weighted by Crippen LogP contribution is -2.42. The summed E-state index contributed by atoms with van der Waals surface area (Å²) in [6, 6.07) is 10.8. The summed E-state index contributed by atoms with van der Waals surface area (Å²) in [7, 11) is 0. The summed E-state index contributed by atoms with van der Waals surface area (Å²) in [4.78, 5) is 27.3. The second-order valence-electron chi connectivity index (χ2n) is 6.64. The highest BCUT2D eigenvalue weighted by Gasteiger charge is 2.50. The van der Waals surface area contributed by atoms with Crippen LogP contribution >= 0.6 is 15.9 Å². The number of aryl methyl sites for hydroxylation is 2. The standard InChI is InChI=1S/C21H20BrNO3/c1-4-9-23-18-8-6-15(22)11-17(18)21(26,20(23)25)12-19(24)16-7-5-13(2)10-14(16)3/h4-8,10-11,26H,1,9,12H2,2-3H3/t21-/m1/s1. The van der Waals surface area contributed by atoms with Crippen molar-refractivity contribution in [3.05, 3.63) is 75.8 Å². The molecule has 134 valence electrons. The highest BCUT2D eigenvalue weighted by atomic mass is 79.9. The molecule has 3 rings (SSSR count). The lowest BCUT2D eigenvalue weighted by atomic mass is 9.87. The van der Waals surface area contributed by atoms with Crippen LogP contribution in [0.4, 0.5) is 5.69 Å². The molecule has 4 nitrogen and oxygen atoms in total. The Balaban J connectivity index is 2.03. The first kappa shape index (κ1) is 18.5. The second-order valence-corrected chi connectivity index (χ2v) is 7.56. The summed E-state index contributed by atoms with van der Waals surface area (Å²) in [6.45, 7) is 7.76. The molecule has 1 aliphatic heterocycles. The average Bonchev–Trinajstić information content (AvgIpc) is 2.77. The number of Topliss-reactive ketones (excluding diaryl/α,β-unsaturated/α-hetero) is 1. The van der Waals surface area contributed by atoms with Crippen LogP contribution < -0.4 is 4.90 Å². The highest BCUT2D eigenvalue weighted by Crippen LogP contribution is 2.44. The molecule has 1 atom stereocenters. The third-order valence-corrected chi connectivity index (χ3v) is 5.20. The fourth-order valence-electron chi connectivity index (χ4n) is 3.46. The van der Waals surface area contributed by atoms with Crippen molar-refractivity contribution in [2.24, 2.45) is 0 Å². The quantitative estimate of drug-likeness (QED) is 0.593. The van der Waals surface area contributed by atoms with E-state index in [1.165, 1.54) is 4.90 Å². The number of halogens is 1. The summed E-state index contributed by atoms with van der Waals surface area (Å²) in [5, 5.41) is 11.2. The first-order valence-corrected chi connectivity index (χ1v) is 9.13. The molecule has 0 unspecified atom stereocenters. The van der Waals surface area contributed by atoms with Crippen molar-refractivity contribution < 1.29 is 14.7 Å². The summed E-state index contributed by atoms with van der Waals surface area (Å²) >= 11 is 3.38. The number of aliphatic hydroxyl groups is 1. The average molecular weight is 414 g/mol. The molecule has 0 fully saturated rings. The first-order valence-electron chi connectivity index (χ1n) is 8.33. The number of hydrogen-bond donors (Lipinski definition) is 1. The highest BCUT2D eigenvalue weighted by molar-refractivity contribution is 9.10. The number of benzene rings is 2. The third kappa shape index (κ3) is 3.02. The van der Waals surface area contributed by atoms with Crippen LogP contribution in [0.5, 0.6) is 0 Å². The van der Waals surface area contributed by atoms with E-state index in [1.54, 1.807) is 30.3 Å². The molecule has 1 heterocycles. The van der Waals surface area contributed by atoms with E-state index in [0.29, 0.717) is 16.8 Å². The lowest BCUT2D eigenvalue weighted by molar-refractivity contribution is -0.135. The zero-order valence-electron chi connectivity index (χ0n) is 14.8. The molecule has 0 radical (unpaired) electrons. The molecule has 0 spiro atoms. The number of ketones is 1. The van der Waals surface area contributed by atoms with E-state index in [2.05, 4.69) is 22.5 Å². The van der Waals surface area contributed by atoms with Crippen LogP contribution in [0.15, 0.2) is 53.5 Å². The molecule has 0 aromatic heterocycles. The van der Waals surface area contributed by atoms with Crippen LogP contribution in [0, 0.1) is 13.8 Å². The van der Waals surface area contributed by atoms with Crippen LogP contribution in [0.2, 0.25) is 0 Å². The summed E-state index contributed by atoms with van der Waals surface area (Å²) in [5.41, 5.74) is 1.58. The molecule has 0 bridgehead atoms. The zero-order chi connectivity index (χ0) is 19.1. The molecule has 0 saturated heterocycles. The van der Waals surface area contributed by atoms with Crippen LogP contribution in [0.3, 0.4) is 0 Å². The van der Waals surface area contributed by atoms with E-state index in [4.69, 9.17) is 0 Å². The molecule has 2 aromatic carbocycles. The Kier molecular flexibility index (Phi) is 4.86. The van der Waals surface area contributed by atoms with Gasteiger partial charge in [-0.15, -0.1) is 6.58 Å². The zero-order valence-corrected chi connectivity index (χ0v) is 16.3. The van der Waals surface area contributed by atoms with E-state index < -0.39 is 11.5 Å². The second kappa shape index (κ2) is 6.82. The van der Waals surface area contributed by atoms with Gasteiger partial charge in [-0.2, -0.15) is 0 Å². The van der Waals surface area contributed by atoms with Gasteiger partial charge >= 0.3 is 0 Å². The minimum absolute atomic E-state index is 0.260. The number of anilines is 1. The van der Waals surface area contributed by atoms with Crippen molar-refractivity contribution in [2.75, 3.05) is 11.4 Å². The molecule has 0 aliphatic carbocycles. The monoisotopic (exact) mass is 413 g/mol. The Hall–Kier alpha value is -2.24. The number of rotatable bonds is 5. The minimum Gasteiger partial charge on any atom is -0.375 e. The number of amides is 1. The summed E-state index contributed by atoms with van der Waals surface area (Å²) in [6.07, 6.45) is 1.30. The van der Waals surface area contributed by atoms with Crippen LogP contribution in [0.25, 0.3) is 0 Å². The fraction of sp³-hybridized carbons (Fsp3) is 0.238. The first-order chi connectivity index (χ1) is 12.3. The summed E-state index contributed by atoms with van der Waals surface area (Å²) < 4.78 is 0.738. The van der Waals surface area contributed by atoms with E-state index in [9.17, 15) is 14.7 Å². The van der Waals surface area contributed by atoms with Gasteiger partial charge in [-0.25, -0.2) is 0 Å². The van der Waals surface area contributed by atoms with Gasteiger partial charge in [-0.05, 0) is 37.6 Å². The van der Waals surface area contributed by atoms with Gasteiger partial charge in [0, 0.05) is 22.1 Å². The van der Waals surface area contributed by atoms with Gasteiger partial charge in [-0.1, -0.05) is 45.8 Å². The number of nitrogens with zero attached hydrogens (tertiary/aromatic N) is 1. The van der Waals surface area contributed by atoms with E-state index >= 15 is 0 Å². The predicted molar refractivity (Wildman–Crippen MR) is 105 cm³/mol. The van der Waals surface area contributed by atoms with Gasteiger partial charge < -0.3 is 10.0 Å². The Morgan fingerprint density at radius 2 is 2.00 bits per heavy atom. The Labute approximate surface area is 161 Å². The Morgan fingerprint density at radius 3 is 2.65 bits per heavy atom. The molecular weight excluding hydrogens is 394 g/mol. The summed E-state index contributed by atoms with van der Waals surface area (Å²) in [5.74, 6) is -0.756. The molecule has 2 aromatic rings. The van der Waals surface area contributed by atoms with Gasteiger partial charge in [0.15, 0.2) is 11.4 Å². The Bertz CT molecular complexity index is 921. The number of fused-ring (bicyclic) bond motifs is 1. The topological polar surface area (TPSA) is 57.6 Å². The normalized spacial score (nSPS) is 18.8. The van der Waals surface area contributed by atoms with Gasteiger partial charge in [0.1, 0.15) is 0 Å². The lowest BCUT2D eigenvalue weighted by Gasteiger charge is -2.22. The van der Waals surface area contributed by atoms with Gasteiger partial charge in [0.2, 0.25) is 0 Å². The largest absolute Gasteiger partial charge is 0.375 e. The molecule has 1 aliphatic rings. The Morgan fingerprint density at radius 1 is 1.27 bits per heavy atom. The number of hydrogen-bond acceptors (Lipinski definition) is 3. The maximum atomic E-state index is 13.0. The maximum absolute atomic E-state index is 13.0. The third-order valence-electron chi connectivity index (χ3n) is 4.70. The van der Waals surface area contributed by atoms with E-state index in [1.807, 2.05) is 26.0 Å². The molecule has 26 heavy (non-hydrogen) atoms. The molecule has 1 N–H and O–H groups in total. The SMILES string of the molecule is C=CCN1C(=O)[C@@](O)(CC(=O)c2ccc(C)cc2C)c2cc(Br)ccc21. The molecule has 0 saturated carbocycles. The molecule has 5 heteroatoms. The predicted octanol–water partition coefficient (Wildman–Crippen LogP) is 4.06. The molecular formula is C21H20BrNO3. The van der Waals surface area contributed by atoms with E-state index in [0.717, 1.165) is 15.6 Å².